The van der Waals surface area contributed by atoms with Crippen LogP contribution in [-0.2, 0) is 20.9 Å². The maximum atomic E-state index is 13.3. The number of hydrogen-bond donors (Lipinski definition) is 4. The molecule has 1 unspecified atom stereocenters. The molecule has 0 spiro atoms. The Morgan fingerprint density at radius 2 is 1.74 bits per heavy atom. The van der Waals surface area contributed by atoms with E-state index in [0.29, 0.717) is 28.7 Å². The van der Waals surface area contributed by atoms with Crippen LogP contribution >= 0.6 is 0 Å². The van der Waals surface area contributed by atoms with Crippen LogP contribution < -0.4 is 10.6 Å². The van der Waals surface area contributed by atoms with Crippen LogP contribution in [0.15, 0.2) is 54.9 Å². The summed E-state index contributed by atoms with van der Waals surface area (Å²) >= 11 is 0. The SMILES string of the molecule is CCN(CC)CC(O)Cn1cc(C2=C(c3c[nH]c4ccccc34)C(=O)NC2=O)c2c(NC(C)=O)cccc21. The number of rotatable bonds is 9. The van der Waals surface area contributed by atoms with E-state index in [4.69, 9.17) is 0 Å². The molecule has 0 saturated carbocycles. The Balaban J connectivity index is 1.73. The molecule has 0 fully saturated rings. The number of aliphatic hydroxyl groups is 1. The first-order valence-electron chi connectivity index (χ1n) is 12.8. The number of aliphatic hydroxyl groups excluding tert-OH is 1. The number of carbonyl (C=O) groups excluding carboxylic acids is 3. The third-order valence-electron chi connectivity index (χ3n) is 7.05. The monoisotopic (exact) mass is 513 g/mol. The summed E-state index contributed by atoms with van der Waals surface area (Å²) in [4.78, 5) is 43.8. The van der Waals surface area contributed by atoms with Crippen molar-refractivity contribution in [1.82, 2.24) is 19.8 Å². The first-order valence-corrected chi connectivity index (χ1v) is 12.8. The van der Waals surface area contributed by atoms with E-state index in [1.807, 2.05) is 54.8 Å². The Labute approximate surface area is 220 Å². The highest BCUT2D eigenvalue weighted by atomic mass is 16.3. The molecule has 0 radical (unpaired) electrons. The molecule has 196 valence electrons. The summed E-state index contributed by atoms with van der Waals surface area (Å²) in [5.74, 6) is -1.24. The van der Waals surface area contributed by atoms with Crippen molar-refractivity contribution in [2.75, 3.05) is 25.0 Å². The fourth-order valence-corrected chi connectivity index (χ4v) is 5.30. The standard InChI is InChI=1S/C29H31N5O4/c1-4-33(5-2)14-18(36)15-34-16-21(25-23(31-17(3)35)11-8-12-24(25)34)27-26(28(37)32-29(27)38)20-13-30-22-10-7-6-9-19(20)22/h6-13,16,18,30,36H,4-5,14-15H2,1-3H3,(H,31,35)(H,32,37,38). The lowest BCUT2D eigenvalue weighted by Gasteiger charge is -2.22. The van der Waals surface area contributed by atoms with Crippen LogP contribution in [0.2, 0.25) is 0 Å². The zero-order valence-corrected chi connectivity index (χ0v) is 21.7. The van der Waals surface area contributed by atoms with Crippen molar-refractivity contribution in [3.63, 3.8) is 0 Å². The number of aromatic amines is 1. The molecule has 3 amide bonds. The molecular weight excluding hydrogens is 482 g/mol. The second kappa shape index (κ2) is 10.3. The van der Waals surface area contributed by atoms with Crippen LogP contribution in [0.3, 0.4) is 0 Å². The average molecular weight is 514 g/mol. The Bertz CT molecular complexity index is 1590. The highest BCUT2D eigenvalue weighted by Crippen LogP contribution is 2.40. The van der Waals surface area contributed by atoms with Gasteiger partial charge >= 0.3 is 0 Å². The van der Waals surface area contributed by atoms with Crippen LogP contribution in [0.5, 0.6) is 0 Å². The van der Waals surface area contributed by atoms with Gasteiger partial charge in [0.2, 0.25) is 5.91 Å². The lowest BCUT2D eigenvalue weighted by Crippen LogP contribution is -2.34. The summed E-state index contributed by atoms with van der Waals surface area (Å²) in [7, 11) is 0. The maximum Gasteiger partial charge on any atom is 0.259 e. The summed E-state index contributed by atoms with van der Waals surface area (Å²) in [5.41, 5.74) is 3.76. The predicted octanol–water partition coefficient (Wildman–Crippen LogP) is 3.35. The Morgan fingerprint density at radius 3 is 2.45 bits per heavy atom. The molecule has 9 nitrogen and oxygen atoms in total. The normalized spacial score (nSPS) is 14.7. The molecule has 1 aliphatic rings. The summed E-state index contributed by atoms with van der Waals surface area (Å²) in [5, 5.41) is 17.7. The van der Waals surface area contributed by atoms with Gasteiger partial charge < -0.3 is 24.9 Å². The van der Waals surface area contributed by atoms with Crippen LogP contribution in [0.1, 0.15) is 31.9 Å². The van der Waals surface area contributed by atoms with Gasteiger partial charge in [-0.25, -0.2) is 0 Å². The van der Waals surface area contributed by atoms with Gasteiger partial charge in [-0.05, 0) is 31.3 Å². The molecule has 1 atom stereocenters. The number of H-pyrrole nitrogens is 1. The number of nitrogens with one attached hydrogen (secondary N) is 3. The van der Waals surface area contributed by atoms with E-state index in [1.54, 1.807) is 18.5 Å². The first-order chi connectivity index (χ1) is 18.3. The highest BCUT2D eigenvalue weighted by Gasteiger charge is 2.35. The van der Waals surface area contributed by atoms with Crippen molar-refractivity contribution in [3.8, 4) is 0 Å². The number of nitrogens with zero attached hydrogens (tertiary/aromatic N) is 2. The van der Waals surface area contributed by atoms with E-state index in [1.165, 1.54) is 6.92 Å². The molecule has 0 bridgehead atoms. The number of benzene rings is 2. The molecule has 2 aromatic heterocycles. The predicted molar refractivity (Wildman–Crippen MR) is 148 cm³/mol. The van der Waals surface area contributed by atoms with E-state index in [0.717, 1.165) is 29.5 Å². The van der Waals surface area contributed by atoms with Gasteiger partial charge in [-0.15, -0.1) is 0 Å². The van der Waals surface area contributed by atoms with Crippen LogP contribution in [0.25, 0.3) is 33.0 Å². The minimum Gasteiger partial charge on any atom is -0.390 e. The zero-order chi connectivity index (χ0) is 27.0. The van der Waals surface area contributed by atoms with Crippen LogP contribution in [0, 0.1) is 0 Å². The minimum absolute atomic E-state index is 0.236. The second-order valence-electron chi connectivity index (χ2n) is 9.50. The number of carbonyl (C=O) groups is 3. The Hall–Kier alpha value is -4.21. The minimum atomic E-state index is -0.663. The quantitative estimate of drug-likeness (QED) is 0.256. The number of para-hydroxylation sites is 1. The van der Waals surface area contributed by atoms with Gasteiger partial charge in [-0.1, -0.05) is 38.1 Å². The van der Waals surface area contributed by atoms with Gasteiger partial charge in [0.1, 0.15) is 0 Å². The van der Waals surface area contributed by atoms with Gasteiger partial charge in [0, 0.05) is 59.8 Å². The molecular formula is C29H31N5O4. The number of hydrogen-bond acceptors (Lipinski definition) is 5. The topological polar surface area (TPSA) is 119 Å². The number of likely N-dealkylation sites (N-methyl/N-ethyl adjacent to an activating group) is 1. The van der Waals surface area contributed by atoms with Crippen molar-refractivity contribution in [2.24, 2.45) is 0 Å². The number of aromatic nitrogens is 2. The number of anilines is 1. The number of imide groups is 1. The fraction of sp³-hybridized carbons (Fsp3) is 0.276. The average Bonchev–Trinajstić information content (AvgIpc) is 3.55. The van der Waals surface area contributed by atoms with Gasteiger partial charge in [0.25, 0.3) is 11.8 Å². The van der Waals surface area contributed by atoms with Crippen molar-refractivity contribution < 1.29 is 19.5 Å². The Kier molecular flexibility index (Phi) is 6.88. The summed E-state index contributed by atoms with van der Waals surface area (Å²) in [6, 6.07) is 13.1. The molecule has 0 saturated heterocycles. The molecule has 5 rings (SSSR count). The summed E-state index contributed by atoms with van der Waals surface area (Å²) < 4.78 is 1.89. The second-order valence-corrected chi connectivity index (χ2v) is 9.50. The van der Waals surface area contributed by atoms with Gasteiger partial charge in [0.05, 0.1) is 28.5 Å². The van der Waals surface area contributed by atoms with Gasteiger partial charge in [-0.2, -0.15) is 0 Å². The van der Waals surface area contributed by atoms with Crippen molar-refractivity contribution in [1.29, 1.82) is 0 Å². The molecule has 0 aliphatic carbocycles. The summed E-state index contributed by atoms with van der Waals surface area (Å²) in [6.45, 7) is 7.94. The van der Waals surface area contributed by atoms with E-state index < -0.39 is 17.9 Å². The van der Waals surface area contributed by atoms with Crippen molar-refractivity contribution >= 4 is 56.4 Å². The molecule has 4 aromatic rings. The molecule has 4 N–H and O–H groups in total. The molecule has 2 aromatic carbocycles. The van der Waals surface area contributed by atoms with Gasteiger partial charge in [-0.3, -0.25) is 19.7 Å². The van der Waals surface area contributed by atoms with E-state index >= 15 is 0 Å². The summed E-state index contributed by atoms with van der Waals surface area (Å²) in [6.07, 6.45) is 2.87. The largest absolute Gasteiger partial charge is 0.390 e. The number of amides is 3. The van der Waals surface area contributed by atoms with Gasteiger partial charge in [0.15, 0.2) is 0 Å². The number of fused-ring (bicyclic) bond motifs is 2. The smallest absolute Gasteiger partial charge is 0.259 e. The molecule has 38 heavy (non-hydrogen) atoms. The molecule has 3 heterocycles. The van der Waals surface area contributed by atoms with E-state index in [9.17, 15) is 19.5 Å². The maximum absolute atomic E-state index is 13.3. The van der Waals surface area contributed by atoms with Crippen molar-refractivity contribution in [3.05, 3.63) is 66.0 Å². The zero-order valence-electron chi connectivity index (χ0n) is 21.7. The van der Waals surface area contributed by atoms with E-state index in [-0.39, 0.29) is 23.6 Å². The third kappa shape index (κ3) is 4.51. The Morgan fingerprint density at radius 1 is 1.03 bits per heavy atom. The molecule has 1 aliphatic heterocycles. The fourth-order valence-electron chi connectivity index (χ4n) is 5.30. The van der Waals surface area contributed by atoms with Crippen molar-refractivity contribution in [2.45, 2.75) is 33.4 Å². The van der Waals surface area contributed by atoms with Crippen LogP contribution in [-0.4, -0.2) is 63.0 Å². The molecule has 9 heteroatoms. The lowest BCUT2D eigenvalue weighted by molar-refractivity contribution is -0.122. The highest BCUT2D eigenvalue weighted by molar-refractivity contribution is 6.51. The third-order valence-corrected chi connectivity index (χ3v) is 7.05. The van der Waals surface area contributed by atoms with Crippen LogP contribution in [0.4, 0.5) is 5.69 Å². The first kappa shape index (κ1) is 25.4. The lowest BCUT2D eigenvalue weighted by atomic mass is 9.95. The van der Waals surface area contributed by atoms with E-state index in [2.05, 4.69) is 20.5 Å².